The van der Waals surface area contributed by atoms with Crippen LogP contribution in [0.25, 0.3) is 66.5 Å². The minimum absolute atomic E-state index is 0.0379. The van der Waals surface area contributed by atoms with Crippen LogP contribution in [0.5, 0.6) is 34.5 Å². The summed E-state index contributed by atoms with van der Waals surface area (Å²) in [5.41, 5.74) is 8.33. The van der Waals surface area contributed by atoms with E-state index in [4.69, 9.17) is 45.8 Å². The first-order valence-corrected chi connectivity index (χ1v) is 35.2. The normalized spacial score (nSPS) is 15.5. The molecule has 23 heteroatoms. The number of fused-ring (bicyclic) bond motifs is 3. The van der Waals surface area contributed by atoms with Crippen molar-refractivity contribution in [2.24, 2.45) is 0 Å². The van der Waals surface area contributed by atoms with Crippen molar-refractivity contribution in [1.29, 1.82) is 15.8 Å². The van der Waals surface area contributed by atoms with Gasteiger partial charge in [0.05, 0.1) is 51.4 Å². The van der Waals surface area contributed by atoms with Crippen LogP contribution in [0.15, 0.2) is 226 Å². The fourth-order valence-corrected chi connectivity index (χ4v) is 13.0. The highest BCUT2D eigenvalue weighted by molar-refractivity contribution is 6.66. The number of halogens is 1. The van der Waals surface area contributed by atoms with Gasteiger partial charge in [-0.2, -0.15) is 31.1 Å². The molecule has 0 bridgehead atoms. The van der Waals surface area contributed by atoms with Crippen LogP contribution >= 0.6 is 11.6 Å². The van der Waals surface area contributed by atoms with Crippen LogP contribution in [0.4, 0.5) is 4.79 Å². The number of ether oxygens (including phenoxy) is 4. The molecule has 3 saturated heterocycles. The van der Waals surface area contributed by atoms with Crippen molar-refractivity contribution in [1.82, 2.24) is 59.4 Å². The Hall–Kier alpha value is -12.8. The predicted molar refractivity (Wildman–Crippen MR) is 406 cm³/mol. The maximum Gasteiger partial charge on any atom is 0.410 e. The van der Waals surface area contributed by atoms with E-state index in [0.717, 1.165) is 159 Å². The van der Waals surface area contributed by atoms with Crippen molar-refractivity contribution in [3.8, 4) is 86.5 Å². The molecule has 0 radical (unpaired) electrons. The second-order valence-corrected chi connectivity index (χ2v) is 26.7. The van der Waals surface area contributed by atoms with Crippen molar-refractivity contribution >= 4 is 61.6 Å². The number of allylic oxidation sites excluding steroid dienone is 1. The van der Waals surface area contributed by atoms with Gasteiger partial charge in [-0.1, -0.05) is 67.8 Å². The number of nitriles is 3. The zero-order valence-electron chi connectivity index (χ0n) is 58.8. The average molecular weight is 1430 g/mol. The Morgan fingerprint density at radius 1 is 0.481 bits per heavy atom. The molecular weight excluding hydrogens is 1350 g/mol. The largest absolute Gasteiger partial charge is 0.457 e. The molecule has 0 spiro atoms. The molecule has 12 aromatic rings. The molecular formula is C83H76ClN15O7. The summed E-state index contributed by atoms with van der Waals surface area (Å²) in [5, 5.41) is 49.6. The second kappa shape index (κ2) is 34.0. The van der Waals surface area contributed by atoms with E-state index < -0.39 is 10.8 Å². The van der Waals surface area contributed by atoms with E-state index in [2.05, 4.69) is 51.6 Å². The lowest BCUT2D eigenvalue weighted by atomic mass is 10.0. The zero-order chi connectivity index (χ0) is 74.1. The van der Waals surface area contributed by atoms with Crippen molar-refractivity contribution < 1.29 is 33.3 Å². The molecule has 0 saturated carbocycles. The maximum absolute atomic E-state index is 12.8. The van der Waals surface area contributed by atoms with Crippen molar-refractivity contribution in [2.75, 3.05) is 39.3 Å². The van der Waals surface area contributed by atoms with Gasteiger partial charge in [0.2, 0.25) is 11.1 Å². The molecule has 2 amide bonds. The first-order chi connectivity index (χ1) is 51.6. The Bertz CT molecular complexity index is 5230. The van der Waals surface area contributed by atoms with Gasteiger partial charge in [0.15, 0.2) is 0 Å². The van der Waals surface area contributed by atoms with Gasteiger partial charge in [0.1, 0.15) is 75.4 Å². The average Bonchev–Trinajstić information content (AvgIpc) is 1.62. The van der Waals surface area contributed by atoms with Gasteiger partial charge >= 0.3 is 6.09 Å². The molecule has 3 aliphatic rings. The van der Waals surface area contributed by atoms with Crippen molar-refractivity contribution in [3.05, 3.63) is 243 Å². The predicted octanol–water partition coefficient (Wildman–Crippen LogP) is 17.1. The van der Waals surface area contributed by atoms with Gasteiger partial charge in [-0.3, -0.25) is 38.6 Å². The first-order valence-electron chi connectivity index (χ1n) is 34.8. The van der Waals surface area contributed by atoms with Crippen LogP contribution in [0.3, 0.4) is 0 Å². The smallest absolute Gasteiger partial charge is 0.410 e. The van der Waals surface area contributed by atoms with E-state index in [1.807, 2.05) is 199 Å². The van der Waals surface area contributed by atoms with E-state index >= 15 is 0 Å². The van der Waals surface area contributed by atoms with E-state index in [-0.39, 0.29) is 30.1 Å². The summed E-state index contributed by atoms with van der Waals surface area (Å²) in [4.78, 5) is 50.8. The molecule has 1 N–H and O–H groups in total. The van der Waals surface area contributed by atoms with Crippen LogP contribution in [0, 0.1) is 34.0 Å². The minimum Gasteiger partial charge on any atom is -0.457 e. The summed E-state index contributed by atoms with van der Waals surface area (Å²) >= 11 is 4.71. The van der Waals surface area contributed by atoms with Crippen molar-refractivity contribution in [3.63, 3.8) is 0 Å². The van der Waals surface area contributed by atoms with Crippen LogP contribution in [0.1, 0.15) is 94.1 Å². The number of nitrogens with one attached hydrogen (secondary N) is 1. The summed E-state index contributed by atoms with van der Waals surface area (Å²) in [5.74, 6) is 4.45. The summed E-state index contributed by atoms with van der Waals surface area (Å²) in [6.07, 6.45) is 17.6. The van der Waals surface area contributed by atoms with Gasteiger partial charge in [0.25, 0.3) is 0 Å². The molecule has 3 atom stereocenters. The summed E-state index contributed by atoms with van der Waals surface area (Å²) < 4.78 is 29.2. The number of benzene rings is 6. The molecule has 0 unspecified atom stereocenters. The third-order valence-corrected chi connectivity index (χ3v) is 18.1. The molecule has 0 aliphatic carbocycles. The molecule has 106 heavy (non-hydrogen) atoms. The van der Waals surface area contributed by atoms with E-state index in [9.17, 15) is 30.2 Å². The number of piperidine rings is 3. The minimum atomic E-state index is -0.564. The molecule has 22 nitrogen and oxygen atoms in total. The van der Waals surface area contributed by atoms with Crippen LogP contribution < -0.4 is 19.5 Å². The SMILES string of the molecule is C=CC(=O)Cl.C=CC(=O)N1CCC[C@@H](n2nc(-c3ccc(Oc4ccccc4)cc3)c3cncc(C#N)c32)C1.CC(C)(C)OC(=O)N1CCC[C@@H](n2nc(-c3ccc(Oc4ccccc4)cc3)c3cncc(C#N)c32)C1.N#Cc1cncc2c(-c3ccc(Oc4ccccc4)cc3)nn([C@@H]3CCCNC3)c12. The first kappa shape index (κ1) is 73.0. The van der Waals surface area contributed by atoms with Gasteiger partial charge < -0.3 is 34.1 Å². The highest BCUT2D eigenvalue weighted by atomic mass is 35.5. The maximum atomic E-state index is 12.8. The molecule has 9 heterocycles. The second-order valence-electron chi connectivity index (χ2n) is 26.3. The Balaban J connectivity index is 0.000000145. The topological polar surface area (TPSA) is 270 Å². The van der Waals surface area contributed by atoms with E-state index in [1.165, 1.54) is 6.08 Å². The summed E-state index contributed by atoms with van der Waals surface area (Å²) in [6, 6.07) is 59.2. The van der Waals surface area contributed by atoms with E-state index in [0.29, 0.717) is 42.9 Å². The van der Waals surface area contributed by atoms with Crippen molar-refractivity contribution in [2.45, 2.75) is 83.0 Å². The third-order valence-electron chi connectivity index (χ3n) is 17.9. The number of carbonyl (C=O) groups is 3. The zero-order valence-corrected chi connectivity index (χ0v) is 59.6. The molecule has 6 aromatic heterocycles. The lowest BCUT2D eigenvalue weighted by molar-refractivity contribution is -0.127. The lowest BCUT2D eigenvalue weighted by Crippen LogP contribution is -2.43. The Labute approximate surface area is 618 Å². The van der Waals surface area contributed by atoms with Gasteiger partial charge in [-0.25, -0.2) is 4.79 Å². The number of aromatic nitrogens is 9. The fourth-order valence-electron chi connectivity index (χ4n) is 13.0. The fraction of sp³-hybridized carbons (Fsp3) is 0.229. The molecule has 3 aliphatic heterocycles. The van der Waals surface area contributed by atoms with Crippen LogP contribution in [0.2, 0.25) is 0 Å². The third kappa shape index (κ3) is 17.4. The molecule has 6 aromatic carbocycles. The van der Waals surface area contributed by atoms with E-state index in [1.54, 1.807) is 47.0 Å². The molecule has 532 valence electrons. The highest BCUT2D eigenvalue weighted by Gasteiger charge is 2.33. The van der Waals surface area contributed by atoms with Gasteiger partial charge in [0, 0.05) is 103 Å². The number of hydrogen-bond acceptors (Lipinski definition) is 17. The number of carbonyl (C=O) groups excluding carboxylic acids is 3. The molecule has 3 fully saturated rings. The number of hydrogen-bond donors (Lipinski definition) is 1. The highest BCUT2D eigenvalue weighted by Crippen LogP contribution is 2.39. The number of amides is 2. The standard InChI is InChI=1S/C29H29N5O3.C27H23N5O2.C24H21N5O.C3H3ClO/c1-29(2,3)37-28(35)33-15-7-8-22(19-33)34-27-21(16-30)17-31-18-25(27)26(32-34)20-11-13-24(14-12-20)36-23-9-5-4-6-10-23;1-2-25(33)31-14-6-7-21(18-31)32-27-20(15-28)16-29-17-24(27)26(30-32)19-10-12-23(13-11-19)34-22-8-4-3-5-9-22;25-13-18-14-27-16-22-23(28-29(24(18)22)19-5-4-12-26-15-19)17-8-10-21(11-9-17)30-20-6-2-1-3-7-20;1-2-3(4)5/h4-6,9-14,17-18,22H,7-8,15,19H2,1-3H3;2-5,8-13,16-17,21H,1,6-7,14,18H2;1-3,6-11,14,16,19,26H,4-5,12,15H2;2H,1H2/t22-;21-;19-;/m111./s1. The number of nitrogens with zero attached hydrogens (tertiary/aromatic N) is 14. The van der Waals surface area contributed by atoms with Crippen LogP contribution in [-0.4, -0.2) is 116 Å². The Kier molecular flexibility index (Phi) is 23.4. The van der Waals surface area contributed by atoms with Crippen LogP contribution in [-0.2, 0) is 14.3 Å². The monoisotopic (exact) mass is 1430 g/mol. The lowest BCUT2D eigenvalue weighted by Gasteiger charge is -2.34. The Morgan fingerprint density at radius 3 is 1.15 bits per heavy atom. The number of para-hydroxylation sites is 3. The number of likely N-dealkylation sites (tertiary alicyclic amines) is 2. The summed E-state index contributed by atoms with van der Waals surface area (Å²) in [6.45, 7) is 16.5. The summed E-state index contributed by atoms with van der Waals surface area (Å²) in [7, 11) is 0. The van der Waals surface area contributed by atoms with Gasteiger partial charge in [-0.15, -0.1) is 0 Å². The quantitative estimate of drug-likeness (QED) is 0.0782. The number of pyridine rings is 3. The Morgan fingerprint density at radius 2 is 0.821 bits per heavy atom. The van der Waals surface area contributed by atoms with Gasteiger partial charge in [-0.05, 0) is 199 Å². The molecule has 15 rings (SSSR count). The number of rotatable bonds is 14.